The molecule has 2 N–H and O–H groups in total. The minimum absolute atomic E-state index is 0.0613. The fourth-order valence-corrected chi connectivity index (χ4v) is 2.80. The lowest BCUT2D eigenvalue weighted by molar-refractivity contribution is -0.135. The molecule has 1 saturated heterocycles. The molecule has 0 aromatic carbocycles. The van der Waals surface area contributed by atoms with Crippen LogP contribution in [0.5, 0.6) is 0 Å². The van der Waals surface area contributed by atoms with Gasteiger partial charge in [0.1, 0.15) is 0 Å². The zero-order valence-corrected chi connectivity index (χ0v) is 11.8. The molecule has 0 aromatic heterocycles. The number of amides is 3. The fourth-order valence-electron chi connectivity index (χ4n) is 2.80. The lowest BCUT2D eigenvalue weighted by Gasteiger charge is -2.19. The second kappa shape index (κ2) is 7.26. The number of carbonyl (C=O) groups is 3. The molecule has 0 bridgehead atoms. The highest BCUT2D eigenvalue weighted by Gasteiger charge is 2.23. The van der Waals surface area contributed by atoms with Gasteiger partial charge in [-0.3, -0.25) is 14.4 Å². The Hall–Kier alpha value is -1.59. The predicted molar refractivity (Wildman–Crippen MR) is 73.8 cm³/mol. The topological polar surface area (TPSA) is 78.5 Å². The van der Waals surface area contributed by atoms with E-state index in [1.165, 1.54) is 0 Å². The molecule has 6 heteroatoms. The van der Waals surface area contributed by atoms with Gasteiger partial charge in [0.05, 0.1) is 6.54 Å². The van der Waals surface area contributed by atoms with Crippen molar-refractivity contribution in [2.75, 3.05) is 26.2 Å². The third kappa shape index (κ3) is 4.21. The normalized spacial score (nSPS) is 20.4. The third-order valence-electron chi connectivity index (χ3n) is 3.98. The molecule has 1 aliphatic heterocycles. The second-order valence-corrected chi connectivity index (χ2v) is 5.54. The van der Waals surface area contributed by atoms with Gasteiger partial charge in [0.25, 0.3) is 0 Å². The summed E-state index contributed by atoms with van der Waals surface area (Å²) >= 11 is 0. The van der Waals surface area contributed by atoms with Gasteiger partial charge in [0, 0.05) is 32.0 Å². The Morgan fingerprint density at radius 1 is 1.25 bits per heavy atom. The summed E-state index contributed by atoms with van der Waals surface area (Å²) in [5, 5.41) is 5.57. The fraction of sp³-hybridized carbons (Fsp3) is 0.786. The average molecular weight is 281 g/mol. The van der Waals surface area contributed by atoms with E-state index in [2.05, 4.69) is 10.6 Å². The van der Waals surface area contributed by atoms with E-state index in [1.807, 2.05) is 0 Å². The first-order chi connectivity index (χ1) is 9.66. The van der Waals surface area contributed by atoms with E-state index in [4.69, 9.17) is 0 Å². The molecule has 112 valence electrons. The molecule has 3 amide bonds. The van der Waals surface area contributed by atoms with Crippen molar-refractivity contribution in [1.29, 1.82) is 0 Å². The highest BCUT2D eigenvalue weighted by atomic mass is 16.2. The van der Waals surface area contributed by atoms with Gasteiger partial charge in [-0.2, -0.15) is 0 Å². The Morgan fingerprint density at radius 3 is 2.75 bits per heavy atom. The maximum Gasteiger partial charge on any atom is 0.239 e. The van der Waals surface area contributed by atoms with Gasteiger partial charge in [-0.1, -0.05) is 12.8 Å². The van der Waals surface area contributed by atoms with Crippen molar-refractivity contribution >= 4 is 17.7 Å². The number of carbonyl (C=O) groups excluding carboxylic acids is 3. The molecule has 1 aliphatic carbocycles. The Kier molecular flexibility index (Phi) is 5.38. The van der Waals surface area contributed by atoms with E-state index in [0.29, 0.717) is 19.6 Å². The van der Waals surface area contributed by atoms with Crippen molar-refractivity contribution in [3.63, 3.8) is 0 Å². The van der Waals surface area contributed by atoms with Crippen LogP contribution >= 0.6 is 0 Å². The third-order valence-corrected chi connectivity index (χ3v) is 3.98. The van der Waals surface area contributed by atoms with Gasteiger partial charge in [-0.05, 0) is 19.3 Å². The van der Waals surface area contributed by atoms with Crippen LogP contribution in [0.15, 0.2) is 0 Å². The van der Waals surface area contributed by atoms with Gasteiger partial charge >= 0.3 is 0 Å². The van der Waals surface area contributed by atoms with Crippen LogP contribution in [0.1, 0.15) is 38.5 Å². The van der Waals surface area contributed by atoms with Crippen molar-refractivity contribution in [3.8, 4) is 0 Å². The molecule has 0 unspecified atom stereocenters. The Morgan fingerprint density at radius 2 is 2.00 bits per heavy atom. The van der Waals surface area contributed by atoms with Crippen LogP contribution in [-0.4, -0.2) is 48.8 Å². The average Bonchev–Trinajstić information content (AvgIpc) is 2.87. The standard InChI is InChI=1S/C14H23N3O3/c18-12-10-17(9-3-7-15-12)13(19)6-8-16-14(20)11-4-1-2-5-11/h11H,1-10H2,(H,15,18)(H,16,20). The number of hydrogen-bond donors (Lipinski definition) is 2. The van der Waals surface area contributed by atoms with Crippen LogP contribution in [0.2, 0.25) is 0 Å². The Labute approximate surface area is 119 Å². The SMILES string of the molecule is O=C1CN(C(=O)CCNC(=O)C2CCCC2)CCCN1. The first kappa shape index (κ1) is 14.8. The number of nitrogens with one attached hydrogen (secondary N) is 2. The Balaban J connectivity index is 1.68. The largest absolute Gasteiger partial charge is 0.355 e. The Bertz CT molecular complexity index is 378. The molecule has 0 spiro atoms. The highest BCUT2D eigenvalue weighted by molar-refractivity contribution is 5.85. The van der Waals surface area contributed by atoms with Crippen LogP contribution in [0.4, 0.5) is 0 Å². The van der Waals surface area contributed by atoms with E-state index in [0.717, 1.165) is 32.1 Å². The minimum Gasteiger partial charge on any atom is -0.355 e. The van der Waals surface area contributed by atoms with E-state index >= 15 is 0 Å². The summed E-state index contributed by atoms with van der Waals surface area (Å²) in [5.74, 6) is 0.0394. The molecule has 0 atom stereocenters. The first-order valence-electron chi connectivity index (χ1n) is 7.49. The maximum absolute atomic E-state index is 12.0. The van der Waals surface area contributed by atoms with Crippen molar-refractivity contribution in [1.82, 2.24) is 15.5 Å². The van der Waals surface area contributed by atoms with Gasteiger partial charge in [0.2, 0.25) is 17.7 Å². The molecule has 1 saturated carbocycles. The van der Waals surface area contributed by atoms with Gasteiger partial charge in [-0.15, -0.1) is 0 Å². The number of nitrogens with zero attached hydrogens (tertiary/aromatic N) is 1. The summed E-state index contributed by atoms with van der Waals surface area (Å²) in [4.78, 5) is 36.8. The first-order valence-corrected chi connectivity index (χ1v) is 7.49. The van der Waals surface area contributed by atoms with Crippen molar-refractivity contribution < 1.29 is 14.4 Å². The molecule has 20 heavy (non-hydrogen) atoms. The van der Waals surface area contributed by atoms with Crippen LogP contribution in [0.3, 0.4) is 0 Å². The van der Waals surface area contributed by atoms with Crippen molar-refractivity contribution in [3.05, 3.63) is 0 Å². The quantitative estimate of drug-likeness (QED) is 0.763. The van der Waals surface area contributed by atoms with Crippen LogP contribution < -0.4 is 10.6 Å². The molecule has 6 nitrogen and oxygen atoms in total. The minimum atomic E-state index is -0.106. The summed E-state index contributed by atoms with van der Waals surface area (Å²) in [6.45, 7) is 1.73. The zero-order valence-electron chi connectivity index (χ0n) is 11.8. The van der Waals surface area contributed by atoms with Gasteiger partial charge < -0.3 is 15.5 Å². The van der Waals surface area contributed by atoms with Crippen molar-refractivity contribution in [2.45, 2.75) is 38.5 Å². The molecule has 2 aliphatic rings. The summed E-state index contributed by atoms with van der Waals surface area (Å²) in [7, 11) is 0. The summed E-state index contributed by atoms with van der Waals surface area (Å²) < 4.78 is 0. The molecule has 0 radical (unpaired) electrons. The molecular formula is C14H23N3O3. The van der Waals surface area contributed by atoms with E-state index in [1.54, 1.807) is 4.90 Å². The van der Waals surface area contributed by atoms with Crippen LogP contribution in [-0.2, 0) is 14.4 Å². The molecule has 2 rings (SSSR count). The van der Waals surface area contributed by atoms with E-state index < -0.39 is 0 Å². The lowest BCUT2D eigenvalue weighted by Crippen LogP contribution is -2.39. The maximum atomic E-state index is 12.0. The summed E-state index contributed by atoms with van der Waals surface area (Å²) in [5.41, 5.74) is 0. The van der Waals surface area contributed by atoms with E-state index in [-0.39, 0.29) is 36.6 Å². The second-order valence-electron chi connectivity index (χ2n) is 5.54. The molecule has 2 fully saturated rings. The molecular weight excluding hydrogens is 258 g/mol. The van der Waals surface area contributed by atoms with Crippen LogP contribution in [0, 0.1) is 5.92 Å². The van der Waals surface area contributed by atoms with Crippen molar-refractivity contribution in [2.24, 2.45) is 5.92 Å². The predicted octanol–water partition coefficient (Wildman–Crippen LogP) is 0.0314. The molecule has 1 heterocycles. The van der Waals surface area contributed by atoms with Gasteiger partial charge in [0.15, 0.2) is 0 Å². The zero-order chi connectivity index (χ0) is 14.4. The number of rotatable bonds is 4. The highest BCUT2D eigenvalue weighted by Crippen LogP contribution is 2.24. The lowest BCUT2D eigenvalue weighted by atomic mass is 10.1. The smallest absolute Gasteiger partial charge is 0.239 e. The summed E-state index contributed by atoms with van der Waals surface area (Å²) in [6, 6.07) is 0. The van der Waals surface area contributed by atoms with Crippen LogP contribution in [0.25, 0.3) is 0 Å². The monoisotopic (exact) mass is 281 g/mol. The van der Waals surface area contributed by atoms with Gasteiger partial charge in [-0.25, -0.2) is 0 Å². The number of hydrogen-bond acceptors (Lipinski definition) is 3. The molecule has 0 aromatic rings. The summed E-state index contributed by atoms with van der Waals surface area (Å²) in [6.07, 6.45) is 5.23. The van der Waals surface area contributed by atoms with E-state index in [9.17, 15) is 14.4 Å².